The minimum absolute atomic E-state index is 0. The van der Waals surface area contributed by atoms with E-state index in [4.69, 9.17) is 0 Å². The van der Waals surface area contributed by atoms with Gasteiger partial charge in [0.25, 0.3) is 0 Å². The third-order valence-corrected chi connectivity index (χ3v) is 16.9. The maximum Gasteiger partial charge on any atom is 0.460 e. The van der Waals surface area contributed by atoms with Crippen molar-refractivity contribution in [3.8, 4) is 0 Å². The van der Waals surface area contributed by atoms with Crippen molar-refractivity contribution in [1.82, 2.24) is 0 Å². The second-order valence-electron chi connectivity index (χ2n) is 20.6. The topological polar surface area (TPSA) is 112 Å². The number of carbonyl (C=O) groups excluding carboxylic acids is 3. The zero-order valence-electron chi connectivity index (χ0n) is 38.1. The van der Waals surface area contributed by atoms with Gasteiger partial charge >= 0.3 is 54.1 Å². The van der Waals surface area contributed by atoms with Gasteiger partial charge in [-0.2, -0.15) is 92.2 Å². The van der Waals surface area contributed by atoms with Gasteiger partial charge in [0.15, 0.2) is 34.6 Å². The van der Waals surface area contributed by atoms with Gasteiger partial charge in [0, 0.05) is 74.3 Å². The predicted octanol–water partition coefficient (Wildman–Crippen LogP) is 14.0. The Balaban J connectivity index is 0.000000276. The molecule has 6 saturated carbocycles. The van der Waals surface area contributed by atoms with Gasteiger partial charge in [-0.3, -0.25) is 14.4 Å². The quantitative estimate of drug-likeness (QED) is 0.139. The fraction of sp³-hybridized carbons (Fsp3) is 0.786. The summed E-state index contributed by atoms with van der Waals surface area (Å²) in [5.74, 6) is -50.5. The Bertz CT molecular complexity index is 2020. The SMILES string of the molecule is CC1(C)C2CC[C@@]1(C)C(=O)/C2=C(/O)C(F)(F)C(F)(F)C(F)(F)F.CC1(C)C2CC[C@@]1(C)C(=O)/C2=C(\O)C(F)(F)C(F)(F)C(F)(F)F.CC1(C)C2CC[C@@]1(C)C(=O)/C2=C(\O)C(F)(F)C(F)(F)C(F)(F)F.[Pr]. The molecule has 0 heterocycles. The molecule has 0 aromatic carbocycles. The average Bonchev–Trinajstić information content (AvgIpc) is 3.79. The first-order valence-electron chi connectivity index (χ1n) is 20.5. The van der Waals surface area contributed by atoms with Gasteiger partial charge in [0.05, 0.1) is 0 Å². The Labute approximate surface area is 417 Å². The smallest absolute Gasteiger partial charge is 0.460 e. The van der Waals surface area contributed by atoms with Crippen LogP contribution in [-0.2, 0) is 14.4 Å². The number of Topliss-reactive ketones (excluding diaryl/α,β-unsaturated/α-hetero) is 3. The maximum absolute atomic E-state index is 13.7. The van der Waals surface area contributed by atoms with E-state index < -0.39 is 156 Å². The standard InChI is InChI=1S/3C14H15F7O2.Pr/c3*1-10(2)6-4-5-11(10,3)8(22)7(6)9(23)12(15,16)13(17,18)14(19,20)21;/h3*6,23H,4-5H2,1-3H3;/b9-7+;2*9-7-;/t3*6?,11-;/m000./s1. The zero-order chi connectivity index (χ0) is 54.7. The van der Waals surface area contributed by atoms with Crippen LogP contribution in [0.4, 0.5) is 92.2 Å². The van der Waals surface area contributed by atoms with Gasteiger partial charge in [-0.05, 0) is 72.5 Å². The zero-order valence-corrected chi connectivity index (χ0v) is 41.8. The first kappa shape index (κ1) is 61.8. The van der Waals surface area contributed by atoms with Crippen molar-refractivity contribution in [2.24, 2.45) is 50.2 Å². The van der Waals surface area contributed by atoms with Crippen molar-refractivity contribution in [3.63, 3.8) is 0 Å². The molecule has 399 valence electrons. The van der Waals surface area contributed by atoms with Gasteiger partial charge in [-0.25, -0.2) is 0 Å². The van der Waals surface area contributed by atoms with Gasteiger partial charge < -0.3 is 15.3 Å². The van der Waals surface area contributed by atoms with Crippen molar-refractivity contribution in [1.29, 1.82) is 0 Å². The molecular formula is C42H45F21O6Pr. The van der Waals surface area contributed by atoms with Crippen LogP contribution in [-0.4, -0.2) is 86.7 Å². The molecule has 6 bridgehead atoms. The van der Waals surface area contributed by atoms with Gasteiger partial charge in [-0.1, -0.05) is 62.3 Å². The Morgan fingerprint density at radius 3 is 0.643 bits per heavy atom. The van der Waals surface area contributed by atoms with Crippen LogP contribution in [0, 0.1) is 91.5 Å². The monoisotopic (exact) mass is 1190 g/mol. The number of halogens is 21. The van der Waals surface area contributed by atoms with Gasteiger partial charge in [0.1, 0.15) is 0 Å². The summed E-state index contributed by atoms with van der Waals surface area (Å²) in [5.41, 5.74) is -9.29. The van der Waals surface area contributed by atoms with Crippen molar-refractivity contribution in [2.75, 3.05) is 0 Å². The summed E-state index contributed by atoms with van der Waals surface area (Å²) in [6.45, 7) is 13.6. The van der Waals surface area contributed by atoms with Crippen molar-refractivity contribution >= 4 is 17.3 Å². The fourth-order valence-electron chi connectivity index (χ4n) is 10.9. The van der Waals surface area contributed by atoms with Crippen LogP contribution in [0.2, 0.25) is 0 Å². The first-order valence-corrected chi connectivity index (χ1v) is 20.5. The largest absolute Gasteiger partial charge is 0.506 e. The molecule has 0 aromatic heterocycles. The number of rotatable bonds is 6. The fourth-order valence-corrected chi connectivity index (χ4v) is 10.9. The average molecular weight is 1190 g/mol. The number of aliphatic hydroxyl groups is 3. The number of carbonyl (C=O) groups is 3. The van der Waals surface area contributed by atoms with Crippen LogP contribution in [0.1, 0.15) is 101 Å². The minimum Gasteiger partial charge on any atom is -0.506 e. The van der Waals surface area contributed by atoms with Crippen LogP contribution >= 0.6 is 0 Å². The number of aliphatic hydroxyl groups excluding tert-OH is 3. The summed E-state index contributed by atoms with van der Waals surface area (Å²) in [4.78, 5) is 36.9. The molecule has 3 unspecified atom stereocenters. The molecule has 0 amide bonds. The van der Waals surface area contributed by atoms with E-state index in [1.165, 1.54) is 20.8 Å². The summed E-state index contributed by atoms with van der Waals surface area (Å²) in [7, 11) is 0. The molecule has 0 saturated heterocycles. The van der Waals surface area contributed by atoms with Crippen LogP contribution in [0.3, 0.4) is 0 Å². The third kappa shape index (κ3) is 7.84. The molecule has 0 spiro atoms. The van der Waals surface area contributed by atoms with Crippen molar-refractivity contribution < 1.29 is 163 Å². The maximum atomic E-state index is 13.7. The molecule has 6 aliphatic rings. The van der Waals surface area contributed by atoms with E-state index in [2.05, 4.69) is 0 Å². The van der Waals surface area contributed by atoms with E-state index in [0.717, 1.165) is 0 Å². The second kappa shape index (κ2) is 17.0. The van der Waals surface area contributed by atoms with Crippen LogP contribution in [0.15, 0.2) is 34.0 Å². The second-order valence-corrected chi connectivity index (χ2v) is 20.6. The number of hydrogen-bond acceptors (Lipinski definition) is 6. The number of hydrogen-bond donors (Lipinski definition) is 3. The van der Waals surface area contributed by atoms with E-state index in [0.29, 0.717) is 19.3 Å². The van der Waals surface area contributed by atoms with Crippen LogP contribution < -0.4 is 0 Å². The Hall–Kier alpha value is -2.48. The molecule has 6 atom stereocenters. The molecule has 28 heteroatoms. The summed E-state index contributed by atoms with van der Waals surface area (Å²) in [6, 6.07) is 0. The van der Waals surface area contributed by atoms with Gasteiger partial charge in [-0.15, -0.1) is 0 Å². The predicted molar refractivity (Wildman–Crippen MR) is 196 cm³/mol. The normalized spacial score (nSPS) is 32.8. The van der Waals surface area contributed by atoms with E-state index in [-0.39, 0.29) is 60.6 Å². The molecule has 70 heavy (non-hydrogen) atoms. The Morgan fingerprint density at radius 2 is 0.529 bits per heavy atom. The van der Waals surface area contributed by atoms with E-state index in [9.17, 15) is 122 Å². The van der Waals surface area contributed by atoms with E-state index in [1.807, 2.05) is 0 Å². The molecule has 6 nitrogen and oxygen atoms in total. The van der Waals surface area contributed by atoms with Crippen LogP contribution in [0.25, 0.3) is 0 Å². The van der Waals surface area contributed by atoms with Crippen LogP contribution in [0.5, 0.6) is 0 Å². The Morgan fingerprint density at radius 1 is 0.371 bits per heavy atom. The number of fused-ring (bicyclic) bond motifs is 6. The van der Waals surface area contributed by atoms with Gasteiger partial charge in [0.2, 0.25) is 0 Å². The Kier molecular flexibility index (Phi) is 15.0. The van der Waals surface area contributed by atoms with Crippen molar-refractivity contribution in [3.05, 3.63) is 34.0 Å². The summed E-state index contributed by atoms with van der Waals surface area (Å²) >= 11 is 0. The molecule has 0 aromatic rings. The van der Waals surface area contributed by atoms with E-state index >= 15 is 0 Å². The van der Waals surface area contributed by atoms with E-state index in [1.54, 1.807) is 41.5 Å². The minimum atomic E-state index is -6.56. The van der Waals surface area contributed by atoms with Crippen molar-refractivity contribution in [2.45, 2.75) is 155 Å². The number of allylic oxidation sites excluding steroid dienone is 6. The summed E-state index contributed by atoms with van der Waals surface area (Å²) in [5, 5.41) is 28.6. The number of ketones is 3. The summed E-state index contributed by atoms with van der Waals surface area (Å²) in [6.07, 6.45) is -18.3. The molecule has 0 aliphatic heterocycles. The first-order chi connectivity index (χ1) is 30.1. The molecule has 1 radical (unpaired) electrons. The number of alkyl halides is 21. The molecular weight excluding hydrogens is 1140 g/mol. The summed E-state index contributed by atoms with van der Waals surface area (Å²) < 4.78 is 271. The third-order valence-electron chi connectivity index (χ3n) is 16.9. The molecule has 3 N–H and O–H groups in total. The molecule has 6 fully saturated rings. The molecule has 6 rings (SSSR count). The molecule has 6 aliphatic carbocycles.